The van der Waals surface area contributed by atoms with Crippen LogP contribution in [0, 0.1) is 0 Å². The summed E-state index contributed by atoms with van der Waals surface area (Å²) in [6, 6.07) is 27.0. The van der Waals surface area contributed by atoms with Gasteiger partial charge in [-0.25, -0.2) is 4.98 Å². The Morgan fingerprint density at radius 1 is 0.750 bits per heavy atom. The molecule has 5 heteroatoms. The van der Waals surface area contributed by atoms with Gasteiger partial charge >= 0.3 is 0 Å². The van der Waals surface area contributed by atoms with Crippen LogP contribution in [-0.4, -0.2) is 30.9 Å². The molecule has 1 heterocycles. The molecule has 0 fully saturated rings. The molecule has 1 aromatic heterocycles. The highest BCUT2D eigenvalue weighted by Gasteiger charge is 2.19. The molecule has 0 aliphatic rings. The summed E-state index contributed by atoms with van der Waals surface area (Å²) < 4.78 is 18.9. The second kappa shape index (κ2) is 8.27. The van der Waals surface area contributed by atoms with Crippen molar-refractivity contribution in [3.05, 3.63) is 84.4 Å². The monoisotopic (exact) mass is 424 g/mol. The van der Waals surface area contributed by atoms with Gasteiger partial charge in [-0.05, 0) is 40.6 Å². The lowest BCUT2D eigenvalue weighted by Crippen LogP contribution is -2.04. The van der Waals surface area contributed by atoms with Gasteiger partial charge in [0.05, 0.1) is 38.9 Å². The summed E-state index contributed by atoms with van der Waals surface area (Å²) in [6.45, 7) is 0.688. The number of ether oxygens (including phenoxy) is 3. The van der Waals surface area contributed by atoms with Gasteiger partial charge in [-0.1, -0.05) is 54.6 Å². The van der Waals surface area contributed by atoms with Crippen LogP contribution in [0.2, 0.25) is 0 Å². The average Bonchev–Trinajstić information content (AvgIpc) is 3.21. The van der Waals surface area contributed by atoms with Crippen molar-refractivity contribution in [2.24, 2.45) is 0 Å². The number of rotatable bonds is 6. The Hall–Kier alpha value is -3.99. The third-order valence-corrected chi connectivity index (χ3v) is 5.79. The lowest BCUT2D eigenvalue weighted by molar-refractivity contribution is 0.324. The van der Waals surface area contributed by atoms with E-state index in [1.807, 2.05) is 30.3 Å². The van der Waals surface area contributed by atoms with Crippen LogP contribution in [-0.2, 0) is 6.54 Å². The fourth-order valence-electron chi connectivity index (χ4n) is 4.27. The topological polar surface area (TPSA) is 45.5 Å². The summed E-state index contributed by atoms with van der Waals surface area (Å²) in [7, 11) is 4.86. The molecule has 5 aromatic rings. The zero-order valence-corrected chi connectivity index (χ0v) is 18.3. The van der Waals surface area contributed by atoms with Gasteiger partial charge < -0.3 is 18.8 Å². The molecule has 0 radical (unpaired) electrons. The Kier molecular flexibility index (Phi) is 5.15. The third-order valence-electron chi connectivity index (χ3n) is 5.79. The Morgan fingerprint density at radius 2 is 1.44 bits per heavy atom. The van der Waals surface area contributed by atoms with E-state index in [0.717, 1.165) is 22.4 Å². The molecule has 0 amide bonds. The zero-order valence-electron chi connectivity index (χ0n) is 18.3. The number of imidazole rings is 1. The predicted octanol–water partition coefficient (Wildman–Crippen LogP) is 5.93. The Labute approximate surface area is 186 Å². The Bertz CT molecular complexity index is 1390. The third kappa shape index (κ3) is 3.32. The molecule has 0 saturated heterocycles. The van der Waals surface area contributed by atoms with E-state index in [1.165, 1.54) is 16.3 Å². The number of aromatic nitrogens is 2. The smallest absolute Gasteiger partial charge is 0.203 e. The molecule has 0 spiro atoms. The number of para-hydroxylation sites is 2. The number of nitrogens with zero attached hydrogens (tertiary/aromatic N) is 2. The first-order chi connectivity index (χ1) is 15.7. The van der Waals surface area contributed by atoms with E-state index in [2.05, 4.69) is 53.1 Å². The van der Waals surface area contributed by atoms with E-state index in [9.17, 15) is 0 Å². The lowest BCUT2D eigenvalue weighted by atomic mass is 10.0. The van der Waals surface area contributed by atoms with Gasteiger partial charge in [-0.15, -0.1) is 0 Å². The number of methoxy groups -OCH3 is 3. The first-order valence-electron chi connectivity index (χ1n) is 10.5. The standard InChI is InChI=1S/C27H24N2O3/c1-30-24-15-20(16-25(31-2)26(24)32-3)27-28-22-13-6-7-14-23(22)29(27)17-19-11-8-10-18-9-4-5-12-21(18)19/h4-16H,17H2,1-3H3. The van der Waals surface area contributed by atoms with Crippen molar-refractivity contribution in [3.63, 3.8) is 0 Å². The molecule has 0 unspecified atom stereocenters. The maximum atomic E-state index is 5.59. The predicted molar refractivity (Wildman–Crippen MR) is 128 cm³/mol. The molecule has 0 N–H and O–H groups in total. The molecular formula is C27H24N2O3. The van der Waals surface area contributed by atoms with Gasteiger partial charge in [0, 0.05) is 5.56 Å². The SMILES string of the molecule is COc1cc(-c2nc3ccccc3n2Cc2cccc3ccccc23)cc(OC)c1OC. The minimum absolute atomic E-state index is 0.565. The molecule has 0 bridgehead atoms. The number of hydrogen-bond acceptors (Lipinski definition) is 4. The summed E-state index contributed by atoms with van der Waals surface area (Å²) in [5.74, 6) is 2.62. The first-order valence-corrected chi connectivity index (χ1v) is 10.5. The van der Waals surface area contributed by atoms with E-state index in [0.29, 0.717) is 23.8 Å². The highest BCUT2D eigenvalue weighted by molar-refractivity contribution is 5.87. The van der Waals surface area contributed by atoms with E-state index in [-0.39, 0.29) is 0 Å². The van der Waals surface area contributed by atoms with E-state index >= 15 is 0 Å². The molecule has 0 saturated carbocycles. The van der Waals surface area contributed by atoms with Crippen molar-refractivity contribution in [2.75, 3.05) is 21.3 Å². The fourth-order valence-corrected chi connectivity index (χ4v) is 4.27. The Balaban J connectivity index is 1.73. The molecule has 4 aromatic carbocycles. The van der Waals surface area contributed by atoms with Gasteiger partial charge in [-0.2, -0.15) is 0 Å². The van der Waals surface area contributed by atoms with Crippen LogP contribution >= 0.6 is 0 Å². The summed E-state index contributed by atoms with van der Waals surface area (Å²) in [5, 5.41) is 2.47. The van der Waals surface area contributed by atoms with Crippen molar-refractivity contribution in [1.82, 2.24) is 9.55 Å². The number of fused-ring (bicyclic) bond motifs is 2. The van der Waals surface area contributed by atoms with Gasteiger partial charge in [0.1, 0.15) is 5.82 Å². The molecule has 0 atom stereocenters. The normalized spacial score (nSPS) is 11.1. The van der Waals surface area contributed by atoms with Crippen LogP contribution in [0.1, 0.15) is 5.56 Å². The molecule has 0 aliphatic heterocycles. The molecule has 5 nitrogen and oxygen atoms in total. The van der Waals surface area contributed by atoms with Crippen LogP contribution in [0.3, 0.4) is 0 Å². The minimum atomic E-state index is 0.565. The molecule has 5 rings (SSSR count). The number of benzene rings is 4. The maximum absolute atomic E-state index is 5.59. The largest absolute Gasteiger partial charge is 0.493 e. The van der Waals surface area contributed by atoms with Crippen LogP contribution in [0.4, 0.5) is 0 Å². The molecule has 0 aliphatic carbocycles. The second-order valence-corrected chi connectivity index (χ2v) is 7.56. The van der Waals surface area contributed by atoms with Gasteiger partial charge in [0.15, 0.2) is 11.5 Å². The van der Waals surface area contributed by atoms with E-state index in [4.69, 9.17) is 19.2 Å². The van der Waals surface area contributed by atoms with Gasteiger partial charge in [0.2, 0.25) is 5.75 Å². The lowest BCUT2D eigenvalue weighted by Gasteiger charge is -2.16. The van der Waals surface area contributed by atoms with Crippen molar-refractivity contribution in [3.8, 4) is 28.6 Å². The highest BCUT2D eigenvalue weighted by atomic mass is 16.5. The van der Waals surface area contributed by atoms with Crippen LogP contribution in [0.15, 0.2) is 78.9 Å². The van der Waals surface area contributed by atoms with Crippen molar-refractivity contribution in [1.29, 1.82) is 0 Å². The summed E-state index contributed by atoms with van der Waals surface area (Å²) >= 11 is 0. The zero-order chi connectivity index (χ0) is 22.1. The van der Waals surface area contributed by atoms with Gasteiger partial charge in [0.25, 0.3) is 0 Å². The molecule has 32 heavy (non-hydrogen) atoms. The first kappa shape index (κ1) is 19.9. The summed E-state index contributed by atoms with van der Waals surface area (Å²) in [4.78, 5) is 4.98. The van der Waals surface area contributed by atoms with E-state index in [1.54, 1.807) is 21.3 Å². The Morgan fingerprint density at radius 3 is 2.19 bits per heavy atom. The number of hydrogen-bond donors (Lipinski definition) is 0. The van der Waals surface area contributed by atoms with Crippen molar-refractivity contribution < 1.29 is 14.2 Å². The van der Waals surface area contributed by atoms with Crippen LogP contribution < -0.4 is 14.2 Å². The molecular weight excluding hydrogens is 400 g/mol. The fraction of sp³-hybridized carbons (Fsp3) is 0.148. The van der Waals surface area contributed by atoms with Gasteiger partial charge in [-0.3, -0.25) is 0 Å². The summed E-state index contributed by atoms with van der Waals surface area (Å²) in [6.07, 6.45) is 0. The quantitative estimate of drug-likeness (QED) is 0.339. The van der Waals surface area contributed by atoms with Crippen LogP contribution in [0.5, 0.6) is 17.2 Å². The maximum Gasteiger partial charge on any atom is 0.203 e. The average molecular weight is 425 g/mol. The molecule has 160 valence electrons. The van der Waals surface area contributed by atoms with Crippen molar-refractivity contribution >= 4 is 21.8 Å². The van der Waals surface area contributed by atoms with Crippen molar-refractivity contribution in [2.45, 2.75) is 6.54 Å². The second-order valence-electron chi connectivity index (χ2n) is 7.56. The highest BCUT2D eigenvalue weighted by Crippen LogP contribution is 2.41. The minimum Gasteiger partial charge on any atom is -0.493 e. The summed E-state index contributed by atoms with van der Waals surface area (Å²) in [5.41, 5.74) is 4.15. The van der Waals surface area contributed by atoms with E-state index < -0.39 is 0 Å². The van der Waals surface area contributed by atoms with Crippen LogP contribution in [0.25, 0.3) is 33.2 Å².